The Hall–Kier alpha value is -0.910. The Bertz CT molecular complexity index is 314. The molecule has 0 aromatic carbocycles. The highest BCUT2D eigenvalue weighted by molar-refractivity contribution is 7.09. The standard InChI is InChI=1S/C12H19NO3S/c1-3-16-10-12(14)13(6-7-15-2)9-11-5-4-8-17-11/h4-5,8H,3,6-7,9-10H2,1-2H3. The first-order valence-corrected chi connectivity index (χ1v) is 6.52. The highest BCUT2D eigenvalue weighted by Crippen LogP contribution is 2.11. The summed E-state index contributed by atoms with van der Waals surface area (Å²) in [5, 5.41) is 2.01. The van der Waals surface area contributed by atoms with Crippen LogP contribution >= 0.6 is 11.3 Å². The van der Waals surface area contributed by atoms with Crippen molar-refractivity contribution in [3.05, 3.63) is 22.4 Å². The van der Waals surface area contributed by atoms with Crippen LogP contribution in [0, 0.1) is 0 Å². The lowest BCUT2D eigenvalue weighted by atomic mass is 10.4. The van der Waals surface area contributed by atoms with Gasteiger partial charge in [0.1, 0.15) is 6.61 Å². The van der Waals surface area contributed by atoms with E-state index >= 15 is 0 Å². The second kappa shape index (κ2) is 8.22. The molecule has 0 aliphatic carbocycles. The zero-order valence-electron chi connectivity index (χ0n) is 10.3. The number of amides is 1. The van der Waals surface area contributed by atoms with Gasteiger partial charge in [-0.05, 0) is 18.4 Å². The Balaban J connectivity index is 2.50. The molecule has 96 valence electrons. The quantitative estimate of drug-likeness (QED) is 0.712. The van der Waals surface area contributed by atoms with Gasteiger partial charge in [0.15, 0.2) is 0 Å². The van der Waals surface area contributed by atoms with Gasteiger partial charge in [0.2, 0.25) is 5.91 Å². The Morgan fingerprint density at radius 2 is 2.35 bits per heavy atom. The van der Waals surface area contributed by atoms with Gasteiger partial charge in [0, 0.05) is 25.1 Å². The predicted molar refractivity (Wildman–Crippen MR) is 68.1 cm³/mol. The highest BCUT2D eigenvalue weighted by Gasteiger charge is 2.14. The van der Waals surface area contributed by atoms with Crippen molar-refractivity contribution in [1.82, 2.24) is 4.90 Å². The molecule has 0 saturated carbocycles. The third-order valence-electron chi connectivity index (χ3n) is 2.27. The third kappa shape index (κ3) is 5.30. The lowest BCUT2D eigenvalue weighted by Crippen LogP contribution is -2.35. The number of rotatable bonds is 8. The molecule has 0 unspecified atom stereocenters. The number of methoxy groups -OCH3 is 1. The van der Waals surface area contributed by atoms with Crippen LogP contribution in [0.4, 0.5) is 0 Å². The van der Waals surface area contributed by atoms with Crippen LogP contribution in [0.1, 0.15) is 11.8 Å². The average molecular weight is 257 g/mol. The van der Waals surface area contributed by atoms with E-state index < -0.39 is 0 Å². The lowest BCUT2D eigenvalue weighted by molar-refractivity contribution is -0.137. The maximum Gasteiger partial charge on any atom is 0.248 e. The molecule has 0 fully saturated rings. The maximum absolute atomic E-state index is 11.9. The van der Waals surface area contributed by atoms with Crippen molar-refractivity contribution in [1.29, 1.82) is 0 Å². The number of carbonyl (C=O) groups is 1. The molecule has 17 heavy (non-hydrogen) atoms. The van der Waals surface area contributed by atoms with Crippen LogP contribution in [0.2, 0.25) is 0 Å². The van der Waals surface area contributed by atoms with Crippen LogP contribution in [0.3, 0.4) is 0 Å². The Kier molecular flexibility index (Phi) is 6.84. The maximum atomic E-state index is 11.9. The second-order valence-electron chi connectivity index (χ2n) is 3.52. The van der Waals surface area contributed by atoms with Crippen molar-refractivity contribution in [2.45, 2.75) is 13.5 Å². The fourth-order valence-electron chi connectivity index (χ4n) is 1.36. The topological polar surface area (TPSA) is 38.8 Å². The Morgan fingerprint density at radius 1 is 1.53 bits per heavy atom. The number of hydrogen-bond acceptors (Lipinski definition) is 4. The summed E-state index contributed by atoms with van der Waals surface area (Å²) in [4.78, 5) is 14.8. The van der Waals surface area contributed by atoms with E-state index in [1.54, 1.807) is 23.3 Å². The van der Waals surface area contributed by atoms with Crippen LogP contribution in [0.5, 0.6) is 0 Å². The second-order valence-corrected chi connectivity index (χ2v) is 4.56. The van der Waals surface area contributed by atoms with E-state index in [1.165, 1.54) is 4.88 Å². The van der Waals surface area contributed by atoms with E-state index in [-0.39, 0.29) is 12.5 Å². The lowest BCUT2D eigenvalue weighted by Gasteiger charge is -2.21. The van der Waals surface area contributed by atoms with Gasteiger partial charge in [0.05, 0.1) is 13.2 Å². The molecule has 1 amide bonds. The first-order chi connectivity index (χ1) is 8.27. The van der Waals surface area contributed by atoms with Crippen LogP contribution in [-0.2, 0) is 20.8 Å². The molecule has 1 aromatic rings. The van der Waals surface area contributed by atoms with E-state index in [0.717, 1.165) is 0 Å². The van der Waals surface area contributed by atoms with Gasteiger partial charge in [-0.25, -0.2) is 0 Å². The van der Waals surface area contributed by atoms with Crippen LogP contribution < -0.4 is 0 Å². The zero-order valence-corrected chi connectivity index (χ0v) is 11.2. The van der Waals surface area contributed by atoms with Crippen molar-refractivity contribution in [3.63, 3.8) is 0 Å². The minimum absolute atomic E-state index is 0.0114. The van der Waals surface area contributed by atoms with Gasteiger partial charge in [-0.15, -0.1) is 11.3 Å². The summed E-state index contributed by atoms with van der Waals surface area (Å²) in [6.45, 7) is 4.36. The molecule has 0 aliphatic heterocycles. The SMILES string of the molecule is CCOCC(=O)N(CCOC)Cc1cccs1. The van der Waals surface area contributed by atoms with Gasteiger partial charge in [-0.1, -0.05) is 6.07 Å². The fraction of sp³-hybridized carbons (Fsp3) is 0.583. The monoisotopic (exact) mass is 257 g/mol. The number of ether oxygens (including phenoxy) is 2. The van der Waals surface area contributed by atoms with Gasteiger partial charge in [-0.3, -0.25) is 4.79 Å². The van der Waals surface area contributed by atoms with E-state index in [9.17, 15) is 4.79 Å². The molecule has 1 heterocycles. The van der Waals surface area contributed by atoms with Gasteiger partial charge >= 0.3 is 0 Å². The normalized spacial score (nSPS) is 10.5. The van der Waals surface area contributed by atoms with Crippen molar-refractivity contribution in [3.8, 4) is 0 Å². The number of thiophene rings is 1. The largest absolute Gasteiger partial charge is 0.383 e. The van der Waals surface area contributed by atoms with Crippen LogP contribution in [0.15, 0.2) is 17.5 Å². The molecule has 0 spiro atoms. The number of nitrogens with zero attached hydrogens (tertiary/aromatic N) is 1. The molecular weight excluding hydrogens is 238 g/mol. The Labute approximate surface area is 106 Å². The fourth-order valence-corrected chi connectivity index (χ4v) is 2.08. The van der Waals surface area contributed by atoms with Crippen molar-refractivity contribution in [2.24, 2.45) is 0 Å². The number of carbonyl (C=O) groups excluding carboxylic acids is 1. The summed E-state index contributed by atoms with van der Waals surface area (Å²) in [5.74, 6) is 0.0114. The number of hydrogen-bond donors (Lipinski definition) is 0. The predicted octanol–water partition coefficient (Wildman–Crippen LogP) is 1.76. The zero-order chi connectivity index (χ0) is 12.5. The van der Waals surface area contributed by atoms with E-state index in [2.05, 4.69) is 0 Å². The first-order valence-electron chi connectivity index (χ1n) is 5.64. The summed E-state index contributed by atoms with van der Waals surface area (Å²) in [5.41, 5.74) is 0. The summed E-state index contributed by atoms with van der Waals surface area (Å²) >= 11 is 1.65. The van der Waals surface area contributed by atoms with Crippen molar-refractivity contribution < 1.29 is 14.3 Å². The highest BCUT2D eigenvalue weighted by atomic mass is 32.1. The summed E-state index contributed by atoms with van der Waals surface area (Å²) in [6.07, 6.45) is 0. The van der Waals surface area contributed by atoms with Crippen LogP contribution in [0.25, 0.3) is 0 Å². The third-order valence-corrected chi connectivity index (χ3v) is 3.14. The van der Waals surface area contributed by atoms with Gasteiger partial charge < -0.3 is 14.4 Å². The molecule has 0 N–H and O–H groups in total. The van der Waals surface area contributed by atoms with E-state index in [1.807, 2.05) is 24.4 Å². The summed E-state index contributed by atoms with van der Waals surface area (Å²) in [7, 11) is 1.64. The molecule has 1 rings (SSSR count). The van der Waals surface area contributed by atoms with E-state index in [4.69, 9.17) is 9.47 Å². The smallest absolute Gasteiger partial charge is 0.248 e. The Morgan fingerprint density at radius 3 is 2.94 bits per heavy atom. The van der Waals surface area contributed by atoms with Crippen molar-refractivity contribution >= 4 is 17.2 Å². The van der Waals surface area contributed by atoms with Crippen LogP contribution in [-0.4, -0.2) is 44.3 Å². The average Bonchev–Trinajstić information content (AvgIpc) is 2.84. The molecular formula is C12H19NO3S. The molecule has 0 atom stereocenters. The molecule has 1 aromatic heterocycles. The summed E-state index contributed by atoms with van der Waals surface area (Å²) in [6, 6.07) is 4.01. The minimum Gasteiger partial charge on any atom is -0.383 e. The van der Waals surface area contributed by atoms with Gasteiger partial charge in [0.25, 0.3) is 0 Å². The molecule has 0 saturated heterocycles. The van der Waals surface area contributed by atoms with Crippen molar-refractivity contribution in [2.75, 3.05) is 33.5 Å². The molecule has 0 bridgehead atoms. The van der Waals surface area contributed by atoms with Gasteiger partial charge in [-0.2, -0.15) is 0 Å². The first kappa shape index (κ1) is 14.2. The molecule has 0 aliphatic rings. The van der Waals surface area contributed by atoms with E-state index in [0.29, 0.717) is 26.3 Å². The molecule has 4 nitrogen and oxygen atoms in total. The summed E-state index contributed by atoms with van der Waals surface area (Å²) < 4.78 is 10.2. The minimum atomic E-state index is 0.0114. The molecule has 5 heteroatoms. The molecule has 0 radical (unpaired) electrons.